The van der Waals surface area contributed by atoms with Crippen molar-refractivity contribution in [2.75, 3.05) is 6.54 Å². The van der Waals surface area contributed by atoms with E-state index >= 15 is 0 Å². The summed E-state index contributed by atoms with van der Waals surface area (Å²) in [6, 6.07) is 0.537. The molecule has 0 bridgehead atoms. The first kappa shape index (κ1) is 14.1. The summed E-state index contributed by atoms with van der Waals surface area (Å²) in [6.07, 6.45) is 7.53. The van der Waals surface area contributed by atoms with Crippen LogP contribution in [0.15, 0.2) is 18.7 Å². The van der Waals surface area contributed by atoms with Gasteiger partial charge in [0.25, 0.3) is 0 Å². The van der Waals surface area contributed by atoms with E-state index in [2.05, 4.69) is 31.1 Å². The topological polar surface area (TPSA) is 50.2 Å². The van der Waals surface area contributed by atoms with Crippen LogP contribution in [-0.4, -0.2) is 45.0 Å². The number of amides is 1. The number of imidazole rings is 1. The van der Waals surface area contributed by atoms with E-state index in [1.165, 1.54) is 0 Å². The van der Waals surface area contributed by atoms with Crippen LogP contribution < -0.4 is 5.32 Å². The Morgan fingerprint density at radius 2 is 2.26 bits per heavy atom. The summed E-state index contributed by atoms with van der Waals surface area (Å²) >= 11 is 0. The van der Waals surface area contributed by atoms with Crippen LogP contribution in [0.3, 0.4) is 0 Å². The third-order valence-corrected chi connectivity index (χ3v) is 3.57. The first-order chi connectivity index (χ1) is 9.08. The quantitative estimate of drug-likeness (QED) is 0.871. The second-order valence-electron chi connectivity index (χ2n) is 5.66. The van der Waals surface area contributed by atoms with Crippen LogP contribution in [0, 0.1) is 0 Å². The molecule has 1 aromatic rings. The number of nitrogens with zero attached hydrogens (tertiary/aromatic N) is 3. The van der Waals surface area contributed by atoms with Gasteiger partial charge < -0.3 is 14.8 Å². The average molecular weight is 264 g/mol. The summed E-state index contributed by atoms with van der Waals surface area (Å²) in [6.45, 7) is 7.95. The van der Waals surface area contributed by atoms with E-state index in [-0.39, 0.29) is 18.0 Å². The highest BCUT2D eigenvalue weighted by Gasteiger charge is 2.31. The molecule has 1 fully saturated rings. The predicted octanol–water partition coefficient (Wildman–Crippen LogP) is 1.26. The van der Waals surface area contributed by atoms with Gasteiger partial charge in [-0.05, 0) is 19.8 Å². The lowest BCUT2D eigenvalue weighted by atomic mass is 10.0. The molecule has 1 aliphatic heterocycles. The zero-order valence-corrected chi connectivity index (χ0v) is 12.0. The number of likely N-dealkylation sites (tertiary alicyclic amines) is 1. The molecule has 19 heavy (non-hydrogen) atoms. The first-order valence-electron chi connectivity index (χ1n) is 7.10. The number of hydrogen-bond donors (Lipinski definition) is 1. The summed E-state index contributed by atoms with van der Waals surface area (Å²) in [5.41, 5.74) is 0. The second-order valence-corrected chi connectivity index (χ2v) is 5.66. The minimum Gasteiger partial charge on any atom is -0.337 e. The van der Waals surface area contributed by atoms with Gasteiger partial charge in [0.1, 0.15) is 0 Å². The molecule has 0 aliphatic carbocycles. The Hall–Kier alpha value is -1.36. The minimum atomic E-state index is -0.0148. The van der Waals surface area contributed by atoms with Crippen molar-refractivity contribution in [2.24, 2.45) is 0 Å². The Balaban J connectivity index is 1.96. The highest BCUT2D eigenvalue weighted by molar-refractivity contribution is 5.82. The van der Waals surface area contributed by atoms with Gasteiger partial charge in [-0.15, -0.1) is 0 Å². The molecule has 2 atom stereocenters. The van der Waals surface area contributed by atoms with E-state index in [1.54, 1.807) is 12.5 Å². The highest BCUT2D eigenvalue weighted by Crippen LogP contribution is 2.16. The van der Waals surface area contributed by atoms with Gasteiger partial charge in [0, 0.05) is 37.6 Å². The fourth-order valence-corrected chi connectivity index (χ4v) is 2.69. The van der Waals surface area contributed by atoms with Gasteiger partial charge in [-0.25, -0.2) is 4.98 Å². The molecule has 0 radical (unpaired) electrons. The van der Waals surface area contributed by atoms with Gasteiger partial charge in [-0.3, -0.25) is 4.79 Å². The molecular weight excluding hydrogens is 240 g/mol. The number of carbonyl (C=O) groups excluding carboxylic acids is 1. The van der Waals surface area contributed by atoms with Gasteiger partial charge in [-0.1, -0.05) is 13.8 Å². The lowest BCUT2D eigenvalue weighted by Gasteiger charge is -2.37. The maximum absolute atomic E-state index is 12.5. The fourth-order valence-electron chi connectivity index (χ4n) is 2.69. The number of rotatable bonds is 5. The standard InChI is InChI=1S/C14H24N4O/c1-11(2)16-13-5-4-7-18(14(13)19)12(3)9-17-8-6-15-10-17/h6,8,10-13,16H,4-5,7,9H2,1-3H3. The van der Waals surface area contributed by atoms with E-state index in [4.69, 9.17) is 0 Å². The molecule has 0 saturated carbocycles. The average Bonchev–Trinajstić information content (AvgIpc) is 2.84. The lowest BCUT2D eigenvalue weighted by Crippen LogP contribution is -2.55. The highest BCUT2D eigenvalue weighted by atomic mass is 16.2. The smallest absolute Gasteiger partial charge is 0.240 e. The van der Waals surface area contributed by atoms with Crippen LogP contribution in [-0.2, 0) is 11.3 Å². The van der Waals surface area contributed by atoms with Crippen LogP contribution in [0.5, 0.6) is 0 Å². The second kappa shape index (κ2) is 6.19. The summed E-state index contributed by atoms with van der Waals surface area (Å²) in [5, 5.41) is 3.36. The minimum absolute atomic E-state index is 0.0148. The van der Waals surface area contributed by atoms with Crippen LogP contribution in [0.4, 0.5) is 0 Å². The van der Waals surface area contributed by atoms with Crippen LogP contribution in [0.1, 0.15) is 33.6 Å². The van der Waals surface area contributed by atoms with Crippen molar-refractivity contribution in [3.8, 4) is 0 Å². The van der Waals surface area contributed by atoms with Crippen molar-refractivity contribution >= 4 is 5.91 Å². The Morgan fingerprint density at radius 3 is 2.89 bits per heavy atom. The molecule has 2 heterocycles. The Labute approximate surface area is 115 Å². The monoisotopic (exact) mass is 264 g/mol. The first-order valence-corrected chi connectivity index (χ1v) is 7.10. The van der Waals surface area contributed by atoms with Crippen molar-refractivity contribution in [2.45, 2.75) is 58.3 Å². The molecule has 0 aromatic carbocycles. The zero-order chi connectivity index (χ0) is 13.8. The van der Waals surface area contributed by atoms with E-state index in [0.717, 1.165) is 25.9 Å². The summed E-state index contributed by atoms with van der Waals surface area (Å²) < 4.78 is 2.03. The summed E-state index contributed by atoms with van der Waals surface area (Å²) in [5.74, 6) is 0.243. The molecule has 5 nitrogen and oxygen atoms in total. The molecule has 1 amide bonds. The summed E-state index contributed by atoms with van der Waals surface area (Å²) in [7, 11) is 0. The third-order valence-electron chi connectivity index (χ3n) is 3.57. The van der Waals surface area contributed by atoms with Gasteiger partial charge in [0.15, 0.2) is 0 Å². The Bertz CT molecular complexity index is 402. The number of nitrogens with one attached hydrogen (secondary N) is 1. The van der Waals surface area contributed by atoms with Crippen LogP contribution in [0.2, 0.25) is 0 Å². The molecule has 106 valence electrons. The molecule has 5 heteroatoms. The van der Waals surface area contributed by atoms with Crippen molar-refractivity contribution in [1.29, 1.82) is 0 Å². The van der Waals surface area contributed by atoms with E-state index in [9.17, 15) is 4.79 Å². The SMILES string of the molecule is CC(C)NC1CCCN(C(C)Cn2ccnc2)C1=O. The van der Waals surface area contributed by atoms with Crippen molar-refractivity contribution in [3.63, 3.8) is 0 Å². The number of piperidine rings is 1. The van der Waals surface area contributed by atoms with Gasteiger partial charge in [0.05, 0.1) is 12.4 Å². The number of aromatic nitrogens is 2. The van der Waals surface area contributed by atoms with E-state index < -0.39 is 0 Å². The number of carbonyl (C=O) groups is 1. The lowest BCUT2D eigenvalue weighted by molar-refractivity contribution is -0.138. The van der Waals surface area contributed by atoms with E-state index in [0.29, 0.717) is 6.04 Å². The summed E-state index contributed by atoms with van der Waals surface area (Å²) in [4.78, 5) is 18.5. The molecule has 0 spiro atoms. The maximum atomic E-state index is 12.5. The van der Waals surface area contributed by atoms with Crippen molar-refractivity contribution < 1.29 is 4.79 Å². The van der Waals surface area contributed by atoms with Crippen molar-refractivity contribution in [1.82, 2.24) is 19.8 Å². The third kappa shape index (κ3) is 3.56. The maximum Gasteiger partial charge on any atom is 0.240 e. The molecule has 2 unspecified atom stereocenters. The van der Waals surface area contributed by atoms with E-state index in [1.807, 2.05) is 15.7 Å². The Kier molecular flexibility index (Phi) is 4.58. The Morgan fingerprint density at radius 1 is 1.47 bits per heavy atom. The molecule has 1 aromatic heterocycles. The normalized spacial score (nSPS) is 22.0. The van der Waals surface area contributed by atoms with Crippen LogP contribution >= 0.6 is 0 Å². The molecule has 1 N–H and O–H groups in total. The van der Waals surface area contributed by atoms with Crippen molar-refractivity contribution in [3.05, 3.63) is 18.7 Å². The molecule has 1 saturated heterocycles. The fraction of sp³-hybridized carbons (Fsp3) is 0.714. The molecule has 2 rings (SSSR count). The van der Waals surface area contributed by atoms with Crippen LogP contribution in [0.25, 0.3) is 0 Å². The number of hydrogen-bond acceptors (Lipinski definition) is 3. The van der Waals surface area contributed by atoms with Gasteiger partial charge in [-0.2, -0.15) is 0 Å². The van der Waals surface area contributed by atoms with Gasteiger partial charge in [0.2, 0.25) is 5.91 Å². The largest absolute Gasteiger partial charge is 0.337 e. The van der Waals surface area contributed by atoms with Gasteiger partial charge >= 0.3 is 0 Å². The predicted molar refractivity (Wildman–Crippen MR) is 74.7 cm³/mol. The zero-order valence-electron chi connectivity index (χ0n) is 12.0. The molecule has 1 aliphatic rings. The molecular formula is C14H24N4O.